The Morgan fingerprint density at radius 1 is 0.946 bits per heavy atom. The van der Waals surface area contributed by atoms with E-state index in [1.807, 2.05) is 44.2 Å². The van der Waals surface area contributed by atoms with Crippen LogP contribution >= 0.6 is 27.5 Å². The van der Waals surface area contributed by atoms with Gasteiger partial charge in [-0.1, -0.05) is 39.7 Å². The van der Waals surface area contributed by atoms with Crippen molar-refractivity contribution in [2.24, 2.45) is 5.92 Å². The molecule has 194 valence electrons. The molecule has 0 aromatic heterocycles. The van der Waals surface area contributed by atoms with E-state index in [0.29, 0.717) is 37.3 Å². The number of anilines is 2. The Balaban J connectivity index is 1.43. The third-order valence-electron chi connectivity index (χ3n) is 6.48. The Morgan fingerprint density at radius 2 is 1.68 bits per heavy atom. The van der Waals surface area contributed by atoms with E-state index in [0.717, 1.165) is 15.6 Å². The molecule has 0 spiro atoms. The Kier molecular flexibility index (Phi) is 8.26. The molecule has 0 radical (unpaired) electrons. The van der Waals surface area contributed by atoms with Crippen molar-refractivity contribution in [1.82, 2.24) is 4.90 Å². The van der Waals surface area contributed by atoms with Gasteiger partial charge in [-0.05, 0) is 86.3 Å². The molecule has 37 heavy (non-hydrogen) atoms. The van der Waals surface area contributed by atoms with Crippen LogP contribution in [0, 0.1) is 19.8 Å². The smallest absolute Gasteiger partial charge is 0.261 e. The third kappa shape index (κ3) is 6.52. The van der Waals surface area contributed by atoms with Crippen LogP contribution in [0.5, 0.6) is 0 Å². The summed E-state index contributed by atoms with van der Waals surface area (Å²) in [5.41, 5.74) is 3.27. The highest BCUT2D eigenvalue weighted by atomic mass is 79.9. The van der Waals surface area contributed by atoms with Crippen LogP contribution < -0.4 is 10.0 Å². The largest absolute Gasteiger partial charge is 0.339 e. The third-order valence-corrected chi connectivity index (χ3v) is 8.68. The van der Waals surface area contributed by atoms with Crippen LogP contribution in [0.4, 0.5) is 11.4 Å². The lowest BCUT2D eigenvalue weighted by Gasteiger charge is -2.31. The van der Waals surface area contributed by atoms with E-state index in [1.54, 1.807) is 17.0 Å². The number of aryl methyl sites for hydroxylation is 2. The van der Waals surface area contributed by atoms with Crippen LogP contribution in [0.15, 0.2) is 70.0 Å². The van der Waals surface area contributed by atoms with Crippen LogP contribution in [0.3, 0.4) is 0 Å². The first-order valence-corrected chi connectivity index (χ1v) is 14.4. The molecule has 7 nitrogen and oxygen atoms in total. The fraction of sp³-hybridized carbons (Fsp3) is 0.259. The summed E-state index contributed by atoms with van der Waals surface area (Å²) in [5, 5.41) is 3.09. The van der Waals surface area contributed by atoms with Gasteiger partial charge in [0.05, 0.1) is 15.5 Å². The molecule has 3 aromatic carbocycles. The fourth-order valence-corrected chi connectivity index (χ4v) is 5.85. The summed E-state index contributed by atoms with van der Waals surface area (Å²) in [7, 11) is -3.93. The second kappa shape index (κ2) is 11.2. The Bertz CT molecular complexity index is 1450. The highest BCUT2D eigenvalue weighted by molar-refractivity contribution is 9.10. The second-order valence-electron chi connectivity index (χ2n) is 9.11. The average molecular weight is 605 g/mol. The normalized spacial score (nSPS) is 14.3. The van der Waals surface area contributed by atoms with Crippen LogP contribution in [-0.2, 0) is 14.8 Å². The van der Waals surface area contributed by atoms with Crippen molar-refractivity contribution >= 4 is 60.7 Å². The number of benzene rings is 3. The van der Waals surface area contributed by atoms with Gasteiger partial charge < -0.3 is 10.2 Å². The zero-order valence-electron chi connectivity index (χ0n) is 20.4. The molecule has 0 atom stereocenters. The number of halogens is 2. The number of hydrogen-bond acceptors (Lipinski definition) is 4. The summed E-state index contributed by atoms with van der Waals surface area (Å²) in [6.45, 7) is 4.58. The van der Waals surface area contributed by atoms with Crippen LogP contribution in [-0.4, -0.2) is 38.2 Å². The van der Waals surface area contributed by atoms with Crippen molar-refractivity contribution < 1.29 is 18.0 Å². The lowest BCUT2D eigenvalue weighted by atomic mass is 9.95. The number of carbonyl (C=O) groups excluding carboxylic acids is 2. The van der Waals surface area contributed by atoms with E-state index < -0.39 is 10.0 Å². The van der Waals surface area contributed by atoms with Gasteiger partial charge in [0.2, 0.25) is 5.91 Å². The maximum absolute atomic E-state index is 13.3. The van der Waals surface area contributed by atoms with Crippen molar-refractivity contribution in [3.8, 4) is 0 Å². The molecule has 2 N–H and O–H groups in total. The highest BCUT2D eigenvalue weighted by Gasteiger charge is 2.29. The van der Waals surface area contributed by atoms with Crippen molar-refractivity contribution in [2.75, 3.05) is 23.1 Å². The maximum atomic E-state index is 13.3. The quantitative estimate of drug-likeness (QED) is 0.360. The molecule has 4 rings (SSSR count). The van der Waals surface area contributed by atoms with E-state index in [1.165, 1.54) is 18.2 Å². The number of nitrogens with one attached hydrogen (secondary N) is 2. The lowest BCUT2D eigenvalue weighted by molar-refractivity contribution is -0.121. The number of nitrogens with zero attached hydrogens (tertiary/aromatic N) is 1. The molecule has 1 aliphatic heterocycles. The number of amides is 2. The van der Waals surface area contributed by atoms with Crippen molar-refractivity contribution in [1.29, 1.82) is 0 Å². The summed E-state index contributed by atoms with van der Waals surface area (Å²) < 4.78 is 29.5. The molecule has 1 saturated heterocycles. The first-order chi connectivity index (χ1) is 17.5. The van der Waals surface area contributed by atoms with E-state index >= 15 is 0 Å². The highest BCUT2D eigenvalue weighted by Crippen LogP contribution is 2.27. The Morgan fingerprint density at radius 3 is 2.35 bits per heavy atom. The van der Waals surface area contributed by atoms with Crippen molar-refractivity contribution in [2.45, 2.75) is 31.6 Å². The second-order valence-corrected chi connectivity index (χ2v) is 12.1. The lowest BCUT2D eigenvalue weighted by Crippen LogP contribution is -2.41. The van der Waals surface area contributed by atoms with Gasteiger partial charge in [0.25, 0.3) is 15.9 Å². The van der Waals surface area contributed by atoms with Crippen LogP contribution in [0.1, 0.15) is 34.3 Å². The number of hydrogen-bond donors (Lipinski definition) is 2. The van der Waals surface area contributed by atoms with Crippen molar-refractivity contribution in [3.05, 3.63) is 86.8 Å². The van der Waals surface area contributed by atoms with Gasteiger partial charge in [0.15, 0.2) is 0 Å². The predicted octanol–water partition coefficient (Wildman–Crippen LogP) is 6.01. The summed E-state index contributed by atoms with van der Waals surface area (Å²) in [5.74, 6) is -0.680. The van der Waals surface area contributed by atoms with Gasteiger partial charge in [-0.25, -0.2) is 8.42 Å². The zero-order chi connectivity index (χ0) is 26.7. The summed E-state index contributed by atoms with van der Waals surface area (Å²) in [4.78, 5) is 27.5. The van der Waals surface area contributed by atoms with Crippen LogP contribution in [0.25, 0.3) is 0 Å². The molecule has 10 heteroatoms. The van der Waals surface area contributed by atoms with Gasteiger partial charge in [-0.3, -0.25) is 14.3 Å². The molecular formula is C27H27BrClN3O4S. The van der Waals surface area contributed by atoms with Crippen LogP contribution in [0.2, 0.25) is 5.02 Å². The minimum absolute atomic E-state index is 0.0539. The molecule has 1 heterocycles. The first-order valence-electron chi connectivity index (χ1n) is 11.8. The van der Waals surface area contributed by atoms with E-state index in [9.17, 15) is 18.0 Å². The summed E-state index contributed by atoms with van der Waals surface area (Å²) >= 11 is 9.70. The molecule has 3 aromatic rings. The molecular weight excluding hydrogens is 578 g/mol. The molecule has 0 aliphatic carbocycles. The van der Waals surface area contributed by atoms with E-state index in [-0.39, 0.29) is 33.2 Å². The topological polar surface area (TPSA) is 95.6 Å². The molecule has 1 fully saturated rings. The molecule has 0 bridgehead atoms. The minimum Gasteiger partial charge on any atom is -0.339 e. The standard InChI is InChI=1S/C27H27BrClN3O4S/c1-17-6-7-22(14-18(17)2)31-37(35,36)23-8-9-25(29)24(16-23)27(34)32-12-10-19(11-13-32)26(33)30-21-5-3-4-20(28)15-21/h3-9,14-16,19,31H,10-13H2,1-2H3,(H,30,33). The summed E-state index contributed by atoms with van der Waals surface area (Å²) in [6, 6.07) is 16.8. The molecule has 2 amide bonds. The van der Waals surface area contributed by atoms with E-state index in [2.05, 4.69) is 26.0 Å². The number of likely N-dealkylation sites (tertiary alicyclic amines) is 1. The fourth-order valence-electron chi connectivity index (χ4n) is 4.18. The molecule has 0 unspecified atom stereocenters. The Labute approximate surface area is 230 Å². The number of carbonyl (C=O) groups is 2. The minimum atomic E-state index is -3.93. The first kappa shape index (κ1) is 27.2. The van der Waals surface area contributed by atoms with Crippen molar-refractivity contribution in [3.63, 3.8) is 0 Å². The maximum Gasteiger partial charge on any atom is 0.261 e. The number of piperidine rings is 1. The summed E-state index contributed by atoms with van der Waals surface area (Å²) in [6.07, 6.45) is 0.991. The Hall–Kier alpha value is -2.88. The number of sulfonamides is 1. The molecule has 1 aliphatic rings. The van der Waals surface area contributed by atoms with Gasteiger partial charge >= 0.3 is 0 Å². The average Bonchev–Trinajstić information content (AvgIpc) is 2.86. The van der Waals surface area contributed by atoms with Gasteiger partial charge in [0.1, 0.15) is 0 Å². The number of rotatable bonds is 6. The zero-order valence-corrected chi connectivity index (χ0v) is 23.6. The SMILES string of the molecule is Cc1ccc(NS(=O)(=O)c2ccc(Cl)c(C(=O)N3CCC(C(=O)Nc4cccc(Br)c4)CC3)c2)cc1C. The monoisotopic (exact) mass is 603 g/mol. The van der Waals surface area contributed by atoms with Gasteiger partial charge in [0, 0.05) is 34.9 Å². The van der Waals surface area contributed by atoms with Gasteiger partial charge in [-0.15, -0.1) is 0 Å². The predicted molar refractivity (Wildman–Crippen MR) is 150 cm³/mol. The van der Waals surface area contributed by atoms with E-state index in [4.69, 9.17) is 11.6 Å². The van der Waals surface area contributed by atoms with Gasteiger partial charge in [-0.2, -0.15) is 0 Å². The molecule has 0 saturated carbocycles.